The van der Waals surface area contributed by atoms with E-state index >= 15 is 0 Å². The molecule has 144 valence electrons. The van der Waals surface area contributed by atoms with E-state index in [2.05, 4.69) is 35.6 Å². The predicted molar refractivity (Wildman–Crippen MR) is 111 cm³/mol. The molecule has 2 aliphatic rings. The van der Waals surface area contributed by atoms with Gasteiger partial charge < -0.3 is 9.80 Å². The molecule has 1 saturated carbocycles. The molecule has 1 aliphatic carbocycles. The quantitative estimate of drug-likeness (QED) is 0.602. The number of aromatic nitrogens is 3. The first-order valence-corrected chi connectivity index (χ1v) is 11.2. The molecule has 0 spiro atoms. The number of rotatable bonds is 7. The minimum absolute atomic E-state index is 0.101. The van der Waals surface area contributed by atoms with E-state index in [0.717, 1.165) is 34.2 Å². The second-order valence-electron chi connectivity index (χ2n) is 7.21. The monoisotopic (exact) mass is 449 g/mol. The van der Waals surface area contributed by atoms with Crippen LogP contribution in [0.25, 0.3) is 0 Å². The molecule has 1 aromatic carbocycles. The van der Waals surface area contributed by atoms with Crippen molar-refractivity contribution in [2.45, 2.75) is 43.4 Å². The Balaban J connectivity index is 1.39. The number of carbonyl (C=O) groups excluding carboxylic acids is 1. The van der Waals surface area contributed by atoms with Crippen molar-refractivity contribution < 1.29 is 4.79 Å². The van der Waals surface area contributed by atoms with E-state index < -0.39 is 0 Å². The maximum absolute atomic E-state index is 12.6. The van der Waals surface area contributed by atoms with Crippen LogP contribution in [0.4, 0.5) is 5.95 Å². The lowest BCUT2D eigenvalue weighted by Crippen LogP contribution is -2.28. The summed E-state index contributed by atoms with van der Waals surface area (Å²) in [6.45, 7) is 2.71. The summed E-state index contributed by atoms with van der Waals surface area (Å²) in [7, 11) is 1.85. The number of carbonyl (C=O) groups is 1. The molecule has 0 atom stereocenters. The molecule has 1 aromatic heterocycles. The summed E-state index contributed by atoms with van der Waals surface area (Å²) in [5.74, 6) is 1.47. The van der Waals surface area contributed by atoms with Crippen LogP contribution in [0.1, 0.15) is 37.3 Å². The lowest BCUT2D eigenvalue weighted by atomic mass is 10.2. The van der Waals surface area contributed by atoms with Crippen LogP contribution >= 0.6 is 27.7 Å². The summed E-state index contributed by atoms with van der Waals surface area (Å²) < 4.78 is 3.29. The molecular weight excluding hydrogens is 426 g/mol. The number of halogens is 1. The molecule has 0 N–H and O–H groups in total. The first kappa shape index (κ1) is 18.8. The summed E-state index contributed by atoms with van der Waals surface area (Å²) in [5, 5.41) is 9.73. The molecule has 0 unspecified atom stereocenters. The Bertz CT molecular complexity index is 816. The van der Waals surface area contributed by atoms with Gasteiger partial charge in [-0.05, 0) is 37.3 Å². The van der Waals surface area contributed by atoms with Crippen LogP contribution in [0.5, 0.6) is 0 Å². The lowest BCUT2D eigenvalue weighted by molar-refractivity contribution is -0.127. The first-order valence-electron chi connectivity index (χ1n) is 9.43. The van der Waals surface area contributed by atoms with E-state index in [9.17, 15) is 4.79 Å². The third kappa shape index (κ3) is 4.32. The van der Waals surface area contributed by atoms with Crippen LogP contribution < -0.4 is 4.90 Å². The van der Waals surface area contributed by atoms with Gasteiger partial charge in [-0.15, -0.1) is 10.2 Å². The van der Waals surface area contributed by atoms with Gasteiger partial charge in [0.05, 0.1) is 5.75 Å². The summed E-state index contributed by atoms with van der Waals surface area (Å²) in [5.41, 5.74) is 1.11. The van der Waals surface area contributed by atoms with Crippen LogP contribution in [0.15, 0.2) is 33.9 Å². The Morgan fingerprint density at radius 2 is 2.00 bits per heavy atom. The highest BCUT2D eigenvalue weighted by Gasteiger charge is 2.32. The fraction of sp³-hybridized carbons (Fsp3) is 0.526. The van der Waals surface area contributed by atoms with E-state index in [4.69, 9.17) is 0 Å². The van der Waals surface area contributed by atoms with Gasteiger partial charge in [-0.3, -0.25) is 9.36 Å². The average Bonchev–Trinajstić information content (AvgIpc) is 3.19. The first-order chi connectivity index (χ1) is 13.1. The van der Waals surface area contributed by atoms with Crippen LogP contribution in [0, 0.1) is 0 Å². The maximum Gasteiger partial charge on any atom is 0.233 e. The molecule has 1 aliphatic heterocycles. The normalized spacial score (nSPS) is 16.7. The van der Waals surface area contributed by atoms with Crippen LogP contribution in [-0.2, 0) is 11.3 Å². The third-order valence-electron chi connectivity index (χ3n) is 5.06. The molecule has 2 heterocycles. The summed E-state index contributed by atoms with van der Waals surface area (Å²) in [6.07, 6.45) is 4.81. The van der Waals surface area contributed by atoms with Gasteiger partial charge in [-0.1, -0.05) is 45.9 Å². The van der Waals surface area contributed by atoms with E-state index in [-0.39, 0.29) is 5.91 Å². The average molecular weight is 450 g/mol. The number of benzene rings is 1. The van der Waals surface area contributed by atoms with Gasteiger partial charge >= 0.3 is 0 Å². The molecular formula is C19H24BrN5OS. The zero-order valence-corrected chi connectivity index (χ0v) is 17.9. The van der Waals surface area contributed by atoms with Crippen molar-refractivity contribution in [2.24, 2.45) is 0 Å². The van der Waals surface area contributed by atoms with Crippen molar-refractivity contribution in [1.82, 2.24) is 19.7 Å². The van der Waals surface area contributed by atoms with Gasteiger partial charge in [0.1, 0.15) is 0 Å². The smallest absolute Gasteiger partial charge is 0.233 e. The van der Waals surface area contributed by atoms with Gasteiger partial charge in [-0.25, -0.2) is 0 Å². The maximum atomic E-state index is 12.6. The fourth-order valence-electron chi connectivity index (χ4n) is 3.36. The van der Waals surface area contributed by atoms with Crippen molar-refractivity contribution in [1.29, 1.82) is 0 Å². The predicted octanol–water partition coefficient (Wildman–Crippen LogP) is 3.73. The van der Waals surface area contributed by atoms with Gasteiger partial charge in [-0.2, -0.15) is 0 Å². The lowest BCUT2D eigenvalue weighted by Gasteiger charge is -2.19. The van der Waals surface area contributed by atoms with Crippen molar-refractivity contribution >= 4 is 39.5 Å². The highest BCUT2D eigenvalue weighted by molar-refractivity contribution is 9.10. The summed E-state index contributed by atoms with van der Waals surface area (Å²) in [4.78, 5) is 16.7. The Labute approximate surface area is 172 Å². The van der Waals surface area contributed by atoms with Gasteiger partial charge in [0.15, 0.2) is 5.16 Å². The Kier molecular flexibility index (Phi) is 5.73. The zero-order valence-electron chi connectivity index (χ0n) is 15.5. The third-order valence-corrected chi connectivity index (χ3v) is 6.76. The van der Waals surface area contributed by atoms with Gasteiger partial charge in [0.2, 0.25) is 11.9 Å². The molecule has 4 rings (SSSR count). The molecule has 1 amide bonds. The highest BCUT2D eigenvalue weighted by atomic mass is 79.9. The molecule has 2 aromatic rings. The van der Waals surface area contributed by atoms with Crippen LogP contribution in [0.3, 0.4) is 0 Å². The van der Waals surface area contributed by atoms with E-state index in [1.54, 1.807) is 4.90 Å². The highest BCUT2D eigenvalue weighted by Crippen LogP contribution is 2.41. The molecule has 27 heavy (non-hydrogen) atoms. The minimum atomic E-state index is 0.101. The van der Waals surface area contributed by atoms with Crippen LogP contribution in [-0.4, -0.2) is 51.5 Å². The number of hydrogen-bond donors (Lipinski definition) is 0. The Morgan fingerprint density at radius 3 is 2.70 bits per heavy atom. The second kappa shape index (κ2) is 8.22. The van der Waals surface area contributed by atoms with Crippen molar-refractivity contribution in [2.75, 3.05) is 30.8 Å². The van der Waals surface area contributed by atoms with Crippen LogP contribution in [0.2, 0.25) is 0 Å². The fourth-order valence-corrected chi connectivity index (χ4v) is 4.71. The van der Waals surface area contributed by atoms with E-state index in [1.165, 1.54) is 37.4 Å². The largest absolute Gasteiger partial charge is 0.341 e. The molecule has 0 bridgehead atoms. The van der Waals surface area contributed by atoms with Crippen molar-refractivity contribution in [3.63, 3.8) is 0 Å². The SMILES string of the molecule is CN(Cc1ccccc1Br)C(=O)CSc1nnc(N2CCCC2)n1C1CC1. The minimum Gasteiger partial charge on any atom is -0.341 e. The molecule has 1 saturated heterocycles. The van der Waals surface area contributed by atoms with Crippen molar-refractivity contribution in [3.05, 3.63) is 34.3 Å². The number of amides is 1. The van der Waals surface area contributed by atoms with E-state index in [0.29, 0.717) is 18.3 Å². The van der Waals surface area contributed by atoms with Gasteiger partial charge in [0.25, 0.3) is 0 Å². The van der Waals surface area contributed by atoms with E-state index in [1.807, 2.05) is 31.3 Å². The molecule has 2 fully saturated rings. The molecule has 8 heteroatoms. The summed E-state index contributed by atoms with van der Waals surface area (Å²) >= 11 is 5.05. The molecule has 0 radical (unpaired) electrons. The Morgan fingerprint density at radius 1 is 1.26 bits per heavy atom. The standard InChI is InChI=1S/C19H24BrN5OS/c1-23(12-14-6-2-3-7-16(14)20)17(26)13-27-19-22-21-18(24-10-4-5-11-24)25(19)15-8-9-15/h2-3,6-7,15H,4-5,8-13H2,1H3. The van der Waals surface area contributed by atoms with Crippen molar-refractivity contribution in [3.8, 4) is 0 Å². The number of nitrogens with zero attached hydrogens (tertiary/aromatic N) is 5. The zero-order chi connectivity index (χ0) is 18.8. The topological polar surface area (TPSA) is 54.3 Å². The number of anilines is 1. The molecule has 6 nitrogen and oxygen atoms in total. The Hall–Kier alpha value is -1.54. The second-order valence-corrected chi connectivity index (χ2v) is 9.00. The van der Waals surface area contributed by atoms with Gasteiger partial charge in [0, 0.05) is 37.2 Å². The summed E-state index contributed by atoms with van der Waals surface area (Å²) in [6, 6.07) is 8.51. The number of thioether (sulfide) groups is 1. The number of hydrogen-bond acceptors (Lipinski definition) is 5.